The standard InChI is InChI=1S/C11H17N3O4S2/c12-7-10-11(4-1-5-13-10)20(17,18)14-8-9-3-2-6-19(9,15)16/h1,4-5,9,14H,2-3,6-8,12H2. The summed E-state index contributed by atoms with van der Waals surface area (Å²) in [7, 11) is -6.97. The summed E-state index contributed by atoms with van der Waals surface area (Å²) in [5, 5.41) is -0.643. The van der Waals surface area contributed by atoms with E-state index in [1.54, 1.807) is 0 Å². The molecule has 1 saturated heterocycles. The number of nitrogens with one attached hydrogen (secondary N) is 1. The fourth-order valence-corrected chi connectivity index (χ4v) is 5.34. The van der Waals surface area contributed by atoms with Gasteiger partial charge in [-0.15, -0.1) is 0 Å². The third kappa shape index (κ3) is 3.17. The predicted molar refractivity (Wildman–Crippen MR) is 74.1 cm³/mol. The molecular formula is C11H17N3O4S2. The van der Waals surface area contributed by atoms with Crippen LogP contribution in [-0.4, -0.2) is 39.4 Å². The molecule has 3 N–H and O–H groups in total. The van der Waals surface area contributed by atoms with Crippen LogP contribution in [0.2, 0.25) is 0 Å². The van der Waals surface area contributed by atoms with E-state index in [1.807, 2.05) is 0 Å². The zero-order valence-corrected chi connectivity index (χ0v) is 12.5. The number of rotatable bonds is 5. The van der Waals surface area contributed by atoms with Crippen LogP contribution in [0.15, 0.2) is 23.2 Å². The summed E-state index contributed by atoms with van der Waals surface area (Å²) in [6, 6.07) is 2.90. The normalized spacial score (nSPS) is 21.9. The van der Waals surface area contributed by atoms with Crippen molar-refractivity contribution >= 4 is 19.9 Å². The second-order valence-electron chi connectivity index (χ2n) is 4.64. The van der Waals surface area contributed by atoms with E-state index in [9.17, 15) is 16.8 Å². The average molecular weight is 319 g/mol. The Bertz CT molecular complexity index is 685. The minimum atomic E-state index is -3.80. The molecule has 0 amide bonds. The highest BCUT2D eigenvalue weighted by molar-refractivity contribution is 7.92. The van der Waals surface area contributed by atoms with E-state index < -0.39 is 25.1 Å². The van der Waals surface area contributed by atoms with Gasteiger partial charge in [-0.2, -0.15) is 0 Å². The Morgan fingerprint density at radius 3 is 2.80 bits per heavy atom. The molecule has 0 saturated carbocycles. The van der Waals surface area contributed by atoms with E-state index in [-0.39, 0.29) is 29.4 Å². The van der Waals surface area contributed by atoms with Crippen molar-refractivity contribution in [2.24, 2.45) is 5.73 Å². The molecule has 1 fully saturated rings. The number of pyridine rings is 1. The molecule has 0 radical (unpaired) electrons. The second kappa shape index (κ2) is 5.76. The van der Waals surface area contributed by atoms with Gasteiger partial charge in [0.25, 0.3) is 0 Å². The minimum Gasteiger partial charge on any atom is -0.325 e. The summed E-state index contributed by atoms with van der Waals surface area (Å²) in [6.07, 6.45) is 2.53. The summed E-state index contributed by atoms with van der Waals surface area (Å²) >= 11 is 0. The monoisotopic (exact) mass is 319 g/mol. The van der Waals surface area contributed by atoms with E-state index in [2.05, 4.69) is 9.71 Å². The van der Waals surface area contributed by atoms with Gasteiger partial charge in [0.05, 0.1) is 16.7 Å². The highest BCUT2D eigenvalue weighted by Crippen LogP contribution is 2.20. The molecule has 1 aromatic rings. The Hall–Kier alpha value is -1.03. The zero-order valence-electron chi connectivity index (χ0n) is 10.8. The quantitative estimate of drug-likeness (QED) is 0.747. The first-order chi connectivity index (χ1) is 9.37. The van der Waals surface area contributed by atoms with Gasteiger partial charge in [-0.3, -0.25) is 4.98 Å². The molecule has 7 nitrogen and oxygen atoms in total. The van der Waals surface area contributed by atoms with Crippen molar-refractivity contribution in [2.75, 3.05) is 12.3 Å². The Balaban J connectivity index is 2.16. The van der Waals surface area contributed by atoms with Gasteiger partial charge in [0.1, 0.15) is 4.90 Å². The van der Waals surface area contributed by atoms with Crippen LogP contribution >= 0.6 is 0 Å². The fraction of sp³-hybridized carbons (Fsp3) is 0.545. The molecule has 0 bridgehead atoms. The molecule has 1 aliphatic heterocycles. The maximum absolute atomic E-state index is 12.2. The number of nitrogens with two attached hydrogens (primary N) is 1. The third-order valence-corrected chi connectivity index (χ3v) is 7.07. The van der Waals surface area contributed by atoms with Gasteiger partial charge < -0.3 is 5.73 Å². The first-order valence-electron chi connectivity index (χ1n) is 6.22. The molecule has 2 rings (SSSR count). The van der Waals surface area contributed by atoms with Crippen LogP contribution in [0.4, 0.5) is 0 Å². The van der Waals surface area contributed by atoms with E-state index in [0.717, 1.165) is 0 Å². The number of sulfonamides is 1. The summed E-state index contributed by atoms with van der Waals surface area (Å²) < 4.78 is 50.0. The summed E-state index contributed by atoms with van der Waals surface area (Å²) in [5.74, 6) is 0.125. The van der Waals surface area contributed by atoms with Crippen LogP contribution < -0.4 is 10.5 Å². The lowest BCUT2D eigenvalue weighted by Crippen LogP contribution is -2.35. The number of nitrogens with zero attached hydrogens (tertiary/aromatic N) is 1. The lowest BCUT2D eigenvalue weighted by molar-refractivity contribution is 0.569. The van der Waals surface area contributed by atoms with Gasteiger partial charge in [-0.25, -0.2) is 21.6 Å². The largest absolute Gasteiger partial charge is 0.325 e. The van der Waals surface area contributed by atoms with Crippen molar-refractivity contribution in [2.45, 2.75) is 29.5 Å². The Morgan fingerprint density at radius 1 is 1.45 bits per heavy atom. The van der Waals surface area contributed by atoms with Gasteiger partial charge in [-0.05, 0) is 25.0 Å². The molecule has 0 spiro atoms. The molecule has 20 heavy (non-hydrogen) atoms. The van der Waals surface area contributed by atoms with Crippen LogP contribution in [0.25, 0.3) is 0 Å². The Morgan fingerprint density at radius 2 is 2.20 bits per heavy atom. The number of hydrogen-bond acceptors (Lipinski definition) is 6. The summed E-state index contributed by atoms with van der Waals surface area (Å²) in [6.45, 7) is -0.109. The van der Waals surface area contributed by atoms with E-state index >= 15 is 0 Å². The van der Waals surface area contributed by atoms with Gasteiger partial charge in [0.2, 0.25) is 10.0 Å². The Kier molecular flexibility index (Phi) is 4.43. The Labute approximate surface area is 118 Å². The minimum absolute atomic E-state index is 0.00118. The summed E-state index contributed by atoms with van der Waals surface area (Å²) in [5.41, 5.74) is 5.72. The SMILES string of the molecule is NCc1ncccc1S(=O)(=O)NCC1CCCS1(=O)=O. The molecule has 9 heteroatoms. The fourth-order valence-electron chi connectivity index (χ4n) is 2.19. The molecule has 1 aliphatic rings. The molecule has 1 atom stereocenters. The van der Waals surface area contributed by atoms with Gasteiger partial charge in [0, 0.05) is 19.3 Å². The van der Waals surface area contributed by atoms with Crippen molar-refractivity contribution in [1.82, 2.24) is 9.71 Å². The van der Waals surface area contributed by atoms with Gasteiger partial charge in [0.15, 0.2) is 9.84 Å². The molecule has 0 aliphatic carbocycles. The third-order valence-electron chi connectivity index (χ3n) is 3.30. The first kappa shape index (κ1) is 15.4. The molecule has 1 aromatic heterocycles. The molecule has 1 unspecified atom stereocenters. The molecule has 0 aromatic carbocycles. The molecular weight excluding hydrogens is 302 g/mol. The van der Waals surface area contributed by atoms with Crippen LogP contribution in [0, 0.1) is 0 Å². The number of aromatic nitrogens is 1. The van der Waals surface area contributed by atoms with Crippen LogP contribution in [0.3, 0.4) is 0 Å². The maximum Gasteiger partial charge on any atom is 0.242 e. The van der Waals surface area contributed by atoms with Gasteiger partial charge >= 0.3 is 0 Å². The van der Waals surface area contributed by atoms with Crippen LogP contribution in [0.5, 0.6) is 0 Å². The number of sulfone groups is 1. The lowest BCUT2D eigenvalue weighted by atomic mass is 10.2. The van der Waals surface area contributed by atoms with Crippen molar-refractivity contribution in [3.8, 4) is 0 Å². The first-order valence-corrected chi connectivity index (χ1v) is 9.42. The van der Waals surface area contributed by atoms with Crippen molar-refractivity contribution in [3.63, 3.8) is 0 Å². The van der Waals surface area contributed by atoms with E-state index in [0.29, 0.717) is 12.8 Å². The van der Waals surface area contributed by atoms with Crippen LogP contribution in [0.1, 0.15) is 18.5 Å². The highest BCUT2D eigenvalue weighted by atomic mass is 32.2. The second-order valence-corrected chi connectivity index (χ2v) is 8.77. The zero-order chi connectivity index (χ0) is 14.8. The van der Waals surface area contributed by atoms with Crippen LogP contribution in [-0.2, 0) is 26.4 Å². The maximum atomic E-state index is 12.2. The van der Waals surface area contributed by atoms with Crippen molar-refractivity contribution in [3.05, 3.63) is 24.0 Å². The topological polar surface area (TPSA) is 119 Å². The van der Waals surface area contributed by atoms with E-state index in [4.69, 9.17) is 5.73 Å². The average Bonchev–Trinajstić information content (AvgIpc) is 2.75. The lowest BCUT2D eigenvalue weighted by Gasteiger charge is -2.12. The molecule has 2 heterocycles. The smallest absolute Gasteiger partial charge is 0.242 e. The van der Waals surface area contributed by atoms with Crippen molar-refractivity contribution < 1.29 is 16.8 Å². The summed E-state index contributed by atoms with van der Waals surface area (Å²) in [4.78, 5) is 3.91. The van der Waals surface area contributed by atoms with E-state index in [1.165, 1.54) is 18.3 Å². The van der Waals surface area contributed by atoms with Gasteiger partial charge in [-0.1, -0.05) is 0 Å². The predicted octanol–water partition coefficient (Wildman–Crippen LogP) is -0.604. The van der Waals surface area contributed by atoms with Crippen molar-refractivity contribution in [1.29, 1.82) is 0 Å². The number of hydrogen-bond donors (Lipinski definition) is 2. The highest BCUT2D eigenvalue weighted by Gasteiger charge is 2.32. The molecule has 112 valence electrons.